The van der Waals surface area contributed by atoms with Gasteiger partial charge in [-0.25, -0.2) is 4.79 Å². The summed E-state index contributed by atoms with van der Waals surface area (Å²) in [4.78, 5) is 10.9. The first-order chi connectivity index (χ1) is 6.57. The summed E-state index contributed by atoms with van der Waals surface area (Å²) in [5, 5.41) is 9.42. The molecule has 0 aromatic rings. The normalized spacial score (nSPS) is 12.2. The van der Waals surface area contributed by atoms with Gasteiger partial charge in [0, 0.05) is 12.0 Å². The molecular formula is C11H20O3. The van der Waals surface area contributed by atoms with Crippen LogP contribution in [0.15, 0.2) is 12.2 Å². The summed E-state index contributed by atoms with van der Waals surface area (Å²) < 4.78 is 4.86. The molecule has 1 atom stereocenters. The zero-order valence-corrected chi connectivity index (χ0v) is 9.08. The van der Waals surface area contributed by atoms with Crippen molar-refractivity contribution in [1.29, 1.82) is 0 Å². The van der Waals surface area contributed by atoms with Crippen molar-refractivity contribution in [3.8, 4) is 0 Å². The Morgan fingerprint density at radius 1 is 1.50 bits per heavy atom. The summed E-state index contributed by atoms with van der Waals surface area (Å²) in [7, 11) is 0. The maximum atomic E-state index is 10.9. The molecular weight excluding hydrogens is 180 g/mol. The summed E-state index contributed by atoms with van der Waals surface area (Å²) in [6.45, 7) is 7.42. The molecule has 14 heavy (non-hydrogen) atoms. The Hall–Kier alpha value is -0.830. The smallest absolute Gasteiger partial charge is 0.333 e. The lowest BCUT2D eigenvalue weighted by molar-refractivity contribution is -0.139. The first kappa shape index (κ1) is 13.2. The number of hydrogen-bond acceptors (Lipinski definition) is 3. The lowest BCUT2D eigenvalue weighted by Crippen LogP contribution is -2.13. The van der Waals surface area contributed by atoms with Gasteiger partial charge in [-0.2, -0.15) is 0 Å². The van der Waals surface area contributed by atoms with E-state index in [1.165, 1.54) is 0 Å². The molecule has 0 bridgehead atoms. The lowest BCUT2D eigenvalue weighted by Gasteiger charge is -2.09. The molecule has 0 rings (SSSR count). The van der Waals surface area contributed by atoms with E-state index >= 15 is 0 Å². The maximum absolute atomic E-state index is 10.9. The number of carbonyl (C=O) groups is 1. The fraction of sp³-hybridized carbons (Fsp3) is 0.727. The number of ether oxygens (including phenoxy) is 1. The molecule has 0 saturated carbocycles. The lowest BCUT2D eigenvalue weighted by atomic mass is 10.1. The SMILES string of the molecule is C=C(C)C(=O)OCCC(O)CCCC. The van der Waals surface area contributed by atoms with Crippen LogP contribution in [0.5, 0.6) is 0 Å². The minimum atomic E-state index is -0.382. The molecule has 0 aliphatic heterocycles. The Morgan fingerprint density at radius 3 is 2.64 bits per heavy atom. The van der Waals surface area contributed by atoms with E-state index < -0.39 is 0 Å². The minimum Gasteiger partial charge on any atom is -0.462 e. The zero-order valence-electron chi connectivity index (χ0n) is 9.08. The average Bonchev–Trinajstić information content (AvgIpc) is 2.14. The first-order valence-corrected chi connectivity index (χ1v) is 5.08. The summed E-state index contributed by atoms with van der Waals surface area (Å²) >= 11 is 0. The molecule has 1 N–H and O–H groups in total. The van der Waals surface area contributed by atoms with Crippen LogP contribution in [0.4, 0.5) is 0 Å². The second-order valence-electron chi connectivity index (χ2n) is 3.50. The number of esters is 1. The molecule has 0 fully saturated rings. The van der Waals surface area contributed by atoms with Gasteiger partial charge in [0.05, 0.1) is 12.7 Å². The Morgan fingerprint density at radius 2 is 2.14 bits per heavy atom. The van der Waals surface area contributed by atoms with E-state index in [2.05, 4.69) is 13.5 Å². The summed E-state index contributed by atoms with van der Waals surface area (Å²) in [6, 6.07) is 0. The second-order valence-corrected chi connectivity index (χ2v) is 3.50. The first-order valence-electron chi connectivity index (χ1n) is 5.08. The van der Waals surface area contributed by atoms with Crippen molar-refractivity contribution >= 4 is 5.97 Å². The molecule has 1 unspecified atom stereocenters. The maximum Gasteiger partial charge on any atom is 0.333 e. The van der Waals surface area contributed by atoms with Crippen LogP contribution < -0.4 is 0 Å². The van der Waals surface area contributed by atoms with Crippen molar-refractivity contribution in [1.82, 2.24) is 0 Å². The van der Waals surface area contributed by atoms with Gasteiger partial charge in [0.2, 0.25) is 0 Å². The monoisotopic (exact) mass is 200 g/mol. The zero-order chi connectivity index (χ0) is 11.0. The van der Waals surface area contributed by atoms with Gasteiger partial charge in [-0.05, 0) is 13.3 Å². The van der Waals surface area contributed by atoms with Crippen molar-refractivity contribution in [3.63, 3.8) is 0 Å². The molecule has 3 nitrogen and oxygen atoms in total. The van der Waals surface area contributed by atoms with Gasteiger partial charge in [0.25, 0.3) is 0 Å². The third kappa shape index (κ3) is 6.66. The fourth-order valence-electron chi connectivity index (χ4n) is 0.995. The van der Waals surface area contributed by atoms with Crippen LogP contribution in [0.2, 0.25) is 0 Å². The minimum absolute atomic E-state index is 0.274. The Kier molecular flexibility index (Phi) is 7.11. The Bertz CT molecular complexity index is 187. The van der Waals surface area contributed by atoms with Crippen LogP contribution in [0.3, 0.4) is 0 Å². The molecule has 0 saturated heterocycles. The number of aliphatic hydroxyl groups excluding tert-OH is 1. The summed E-state index contributed by atoms with van der Waals surface area (Å²) in [5.41, 5.74) is 0.396. The largest absolute Gasteiger partial charge is 0.462 e. The summed E-state index contributed by atoms with van der Waals surface area (Å²) in [5.74, 6) is -0.382. The van der Waals surface area contributed by atoms with E-state index in [1.807, 2.05) is 0 Å². The Balaban J connectivity index is 3.44. The average molecular weight is 200 g/mol. The van der Waals surface area contributed by atoms with Crippen LogP contribution in [-0.4, -0.2) is 23.8 Å². The quantitative estimate of drug-likeness (QED) is 0.505. The molecule has 0 spiro atoms. The molecule has 0 aliphatic rings. The van der Waals surface area contributed by atoms with Crippen LogP contribution in [0.25, 0.3) is 0 Å². The van der Waals surface area contributed by atoms with Gasteiger partial charge in [-0.15, -0.1) is 0 Å². The predicted octanol–water partition coefficient (Wildman–Crippen LogP) is 2.05. The van der Waals surface area contributed by atoms with Crippen molar-refractivity contribution in [2.45, 2.75) is 45.6 Å². The van der Waals surface area contributed by atoms with Crippen molar-refractivity contribution in [2.24, 2.45) is 0 Å². The van der Waals surface area contributed by atoms with Gasteiger partial charge < -0.3 is 9.84 Å². The van der Waals surface area contributed by atoms with Gasteiger partial charge >= 0.3 is 5.97 Å². The molecule has 3 heteroatoms. The fourth-order valence-corrected chi connectivity index (χ4v) is 0.995. The Labute approximate surface area is 85.8 Å². The highest BCUT2D eigenvalue weighted by Crippen LogP contribution is 2.04. The van der Waals surface area contributed by atoms with Gasteiger partial charge in [-0.1, -0.05) is 26.3 Å². The molecule has 0 heterocycles. The van der Waals surface area contributed by atoms with Gasteiger partial charge in [0.1, 0.15) is 0 Å². The number of hydrogen-bond donors (Lipinski definition) is 1. The number of aliphatic hydroxyl groups is 1. The summed E-state index contributed by atoms with van der Waals surface area (Å²) in [6.07, 6.45) is 3.02. The van der Waals surface area contributed by atoms with Gasteiger partial charge in [-0.3, -0.25) is 0 Å². The predicted molar refractivity (Wildman–Crippen MR) is 55.9 cm³/mol. The highest BCUT2D eigenvalue weighted by atomic mass is 16.5. The van der Waals surface area contributed by atoms with Crippen LogP contribution >= 0.6 is 0 Å². The van der Waals surface area contributed by atoms with E-state index in [-0.39, 0.29) is 18.7 Å². The van der Waals surface area contributed by atoms with Crippen LogP contribution in [0, 0.1) is 0 Å². The van der Waals surface area contributed by atoms with E-state index in [0.29, 0.717) is 12.0 Å². The van der Waals surface area contributed by atoms with Crippen molar-refractivity contribution < 1.29 is 14.6 Å². The van der Waals surface area contributed by atoms with Crippen LogP contribution in [-0.2, 0) is 9.53 Å². The standard InChI is InChI=1S/C11H20O3/c1-4-5-6-10(12)7-8-14-11(13)9(2)3/h10,12H,2,4-8H2,1,3H3. The number of rotatable bonds is 7. The third-order valence-corrected chi connectivity index (χ3v) is 1.92. The van der Waals surface area contributed by atoms with E-state index in [9.17, 15) is 9.90 Å². The van der Waals surface area contributed by atoms with Crippen molar-refractivity contribution in [3.05, 3.63) is 12.2 Å². The van der Waals surface area contributed by atoms with Crippen LogP contribution in [0.1, 0.15) is 39.5 Å². The molecule has 0 amide bonds. The molecule has 82 valence electrons. The topological polar surface area (TPSA) is 46.5 Å². The highest BCUT2D eigenvalue weighted by molar-refractivity contribution is 5.86. The van der Waals surface area contributed by atoms with E-state index in [0.717, 1.165) is 19.3 Å². The molecule has 0 aliphatic carbocycles. The third-order valence-electron chi connectivity index (χ3n) is 1.92. The van der Waals surface area contributed by atoms with E-state index in [1.54, 1.807) is 6.92 Å². The molecule has 0 aromatic carbocycles. The van der Waals surface area contributed by atoms with E-state index in [4.69, 9.17) is 4.74 Å². The highest BCUT2D eigenvalue weighted by Gasteiger charge is 2.06. The number of unbranched alkanes of at least 4 members (excludes halogenated alkanes) is 1. The van der Waals surface area contributed by atoms with Gasteiger partial charge in [0.15, 0.2) is 0 Å². The second kappa shape index (κ2) is 7.56. The number of carbonyl (C=O) groups excluding carboxylic acids is 1. The van der Waals surface area contributed by atoms with Crippen molar-refractivity contribution in [2.75, 3.05) is 6.61 Å². The molecule has 0 radical (unpaired) electrons. The molecule has 0 aromatic heterocycles.